The SMILES string of the molecule is CC(C)OC(=O)[C@H](C)N[P@@](=O)(OC[C@H]1O[C@@H](n2ccc(=O)[nH]c2=O)[C@](C)(F)[C@@H]1O)Oc1ccc(-c2ccc(C(F)(F)F)cc2)cc1. The highest BCUT2D eigenvalue weighted by Crippen LogP contribution is 2.48. The zero-order valence-electron chi connectivity index (χ0n) is 25.0. The molecule has 2 aromatic carbocycles. The molecule has 2 heterocycles. The number of nitrogens with zero attached hydrogens (tertiary/aromatic N) is 1. The number of esters is 1. The number of hydrogen-bond acceptors (Lipinski definition) is 9. The molecule has 0 bridgehead atoms. The third kappa shape index (κ3) is 8.12. The molecule has 0 radical (unpaired) electrons. The lowest BCUT2D eigenvalue weighted by molar-refractivity contribution is -0.149. The number of aliphatic hydroxyl groups excluding tert-OH is 1. The van der Waals surface area contributed by atoms with Gasteiger partial charge in [0, 0.05) is 12.3 Å². The summed E-state index contributed by atoms with van der Waals surface area (Å²) in [5.41, 5.74) is -4.15. The molecule has 1 saturated heterocycles. The van der Waals surface area contributed by atoms with Crippen LogP contribution in [-0.2, 0) is 29.5 Å². The lowest BCUT2D eigenvalue weighted by Crippen LogP contribution is -2.43. The summed E-state index contributed by atoms with van der Waals surface area (Å²) in [6.07, 6.45) is -9.12. The van der Waals surface area contributed by atoms with E-state index in [0.717, 1.165) is 35.9 Å². The lowest BCUT2D eigenvalue weighted by Gasteiger charge is -2.25. The first kappa shape index (κ1) is 35.0. The fourth-order valence-electron chi connectivity index (χ4n) is 4.55. The van der Waals surface area contributed by atoms with Gasteiger partial charge in [0.1, 0.15) is 24.0 Å². The number of hydrogen-bond donors (Lipinski definition) is 3. The van der Waals surface area contributed by atoms with Gasteiger partial charge in [-0.3, -0.25) is 23.7 Å². The molecule has 1 fully saturated rings. The summed E-state index contributed by atoms with van der Waals surface area (Å²) >= 11 is 0. The van der Waals surface area contributed by atoms with Gasteiger partial charge < -0.3 is 19.1 Å². The minimum Gasteiger partial charge on any atom is -0.462 e. The van der Waals surface area contributed by atoms with Crippen molar-refractivity contribution in [2.24, 2.45) is 0 Å². The van der Waals surface area contributed by atoms with Crippen molar-refractivity contribution >= 4 is 13.7 Å². The van der Waals surface area contributed by atoms with Crippen LogP contribution in [0.2, 0.25) is 0 Å². The first-order valence-corrected chi connectivity index (χ1v) is 15.5. The van der Waals surface area contributed by atoms with Crippen LogP contribution in [0.15, 0.2) is 70.4 Å². The number of benzene rings is 2. The molecule has 3 N–H and O–H groups in total. The quantitative estimate of drug-likeness (QED) is 0.152. The predicted octanol–water partition coefficient (Wildman–Crippen LogP) is 4.34. The number of carbonyl (C=O) groups excluding carboxylic acids is 1. The van der Waals surface area contributed by atoms with Crippen LogP contribution >= 0.6 is 7.75 Å². The van der Waals surface area contributed by atoms with Gasteiger partial charge in [0.15, 0.2) is 11.9 Å². The molecule has 4 rings (SSSR count). The molecule has 1 aromatic heterocycles. The highest BCUT2D eigenvalue weighted by molar-refractivity contribution is 7.52. The Morgan fingerprint density at radius 1 is 1.09 bits per heavy atom. The van der Waals surface area contributed by atoms with Crippen LogP contribution in [0.1, 0.15) is 39.5 Å². The van der Waals surface area contributed by atoms with Crippen LogP contribution in [0.4, 0.5) is 17.6 Å². The summed E-state index contributed by atoms with van der Waals surface area (Å²) in [5, 5.41) is 13.1. The molecule has 0 unspecified atom stereocenters. The Morgan fingerprint density at radius 3 is 2.22 bits per heavy atom. The van der Waals surface area contributed by atoms with Crippen LogP contribution in [0.25, 0.3) is 11.1 Å². The number of aliphatic hydroxyl groups is 1. The Hall–Kier alpha value is -3.82. The highest BCUT2D eigenvalue weighted by Gasteiger charge is 2.56. The molecular formula is C29H32F4N3O9P. The van der Waals surface area contributed by atoms with Crippen molar-refractivity contribution in [3.05, 3.63) is 87.2 Å². The number of ether oxygens (including phenoxy) is 2. The van der Waals surface area contributed by atoms with E-state index in [1.54, 1.807) is 13.8 Å². The van der Waals surface area contributed by atoms with E-state index in [1.807, 2.05) is 4.98 Å². The molecular weight excluding hydrogens is 641 g/mol. The molecule has 1 aliphatic rings. The maximum Gasteiger partial charge on any atom is 0.459 e. The van der Waals surface area contributed by atoms with E-state index in [9.17, 15) is 37.2 Å². The van der Waals surface area contributed by atoms with E-state index in [4.69, 9.17) is 18.5 Å². The van der Waals surface area contributed by atoms with Gasteiger partial charge in [-0.1, -0.05) is 24.3 Å². The Kier molecular flexibility index (Phi) is 10.3. The number of rotatable bonds is 11. The first-order chi connectivity index (χ1) is 21.4. The van der Waals surface area contributed by atoms with E-state index in [1.165, 1.54) is 43.3 Å². The van der Waals surface area contributed by atoms with Crippen molar-refractivity contribution < 1.29 is 50.5 Å². The van der Waals surface area contributed by atoms with E-state index >= 15 is 4.39 Å². The van der Waals surface area contributed by atoms with Crippen LogP contribution in [0.5, 0.6) is 5.75 Å². The number of nitrogens with one attached hydrogen (secondary N) is 2. The summed E-state index contributed by atoms with van der Waals surface area (Å²) < 4.78 is 90.9. The van der Waals surface area contributed by atoms with Gasteiger partial charge in [-0.15, -0.1) is 0 Å². The molecule has 17 heteroatoms. The molecule has 12 nitrogen and oxygen atoms in total. The van der Waals surface area contributed by atoms with Crippen molar-refractivity contribution in [2.75, 3.05) is 6.61 Å². The number of H-pyrrole nitrogens is 1. The summed E-state index contributed by atoms with van der Waals surface area (Å²) in [5.74, 6) is -0.845. The second-order valence-corrected chi connectivity index (χ2v) is 12.7. The summed E-state index contributed by atoms with van der Waals surface area (Å²) in [7, 11) is -4.54. The van der Waals surface area contributed by atoms with Crippen LogP contribution in [-0.4, -0.2) is 57.3 Å². The van der Waals surface area contributed by atoms with Crippen molar-refractivity contribution in [1.29, 1.82) is 0 Å². The molecule has 0 spiro atoms. The monoisotopic (exact) mass is 673 g/mol. The van der Waals surface area contributed by atoms with E-state index in [0.29, 0.717) is 11.1 Å². The average molecular weight is 674 g/mol. The van der Waals surface area contributed by atoms with Gasteiger partial charge in [0.05, 0.1) is 18.3 Å². The van der Waals surface area contributed by atoms with Gasteiger partial charge in [-0.25, -0.2) is 13.8 Å². The van der Waals surface area contributed by atoms with Gasteiger partial charge in [0.25, 0.3) is 5.56 Å². The first-order valence-electron chi connectivity index (χ1n) is 13.9. The Balaban J connectivity index is 1.54. The van der Waals surface area contributed by atoms with E-state index in [2.05, 4.69) is 5.09 Å². The molecule has 0 saturated carbocycles. The van der Waals surface area contributed by atoms with Crippen LogP contribution in [0.3, 0.4) is 0 Å². The summed E-state index contributed by atoms with van der Waals surface area (Å²) in [6, 6.07) is 9.86. The van der Waals surface area contributed by atoms with Crippen molar-refractivity contribution in [3.63, 3.8) is 0 Å². The minimum absolute atomic E-state index is 0.0446. The van der Waals surface area contributed by atoms with Gasteiger partial charge in [-0.05, 0) is 63.1 Å². The van der Waals surface area contributed by atoms with Gasteiger partial charge in [0.2, 0.25) is 0 Å². The molecule has 6 atom stereocenters. The molecule has 0 aliphatic carbocycles. The zero-order chi connectivity index (χ0) is 34.0. The van der Waals surface area contributed by atoms with Crippen LogP contribution in [0, 0.1) is 0 Å². The third-order valence-corrected chi connectivity index (χ3v) is 8.56. The standard InChI is InChI=1S/C29H32F4N3O9P/c1-16(2)43-25(39)17(3)35-46(41,45-21-11-7-19(8-12-21)18-5-9-20(10-6-18)29(31,32)33)42-15-22-24(38)28(4,30)26(44-22)36-14-13-23(37)34-27(36)40/h5-14,16-17,22,24,26,38H,15H2,1-4H3,(H,35,41)(H,34,37,40)/t17-,22+,24+,26+,28+,46+/m0/s1. The highest BCUT2D eigenvalue weighted by atomic mass is 31.2. The van der Waals surface area contributed by atoms with Crippen LogP contribution < -0.4 is 20.9 Å². The topological polar surface area (TPSA) is 158 Å². The number of alkyl halides is 4. The van der Waals surface area contributed by atoms with E-state index in [-0.39, 0.29) is 5.75 Å². The van der Waals surface area contributed by atoms with Crippen molar-refractivity contribution in [3.8, 4) is 16.9 Å². The molecule has 0 amide bonds. The normalized spacial score (nSPS) is 23.6. The smallest absolute Gasteiger partial charge is 0.459 e. The molecule has 3 aromatic rings. The fourth-order valence-corrected chi connectivity index (χ4v) is 6.05. The lowest BCUT2D eigenvalue weighted by atomic mass is 9.98. The number of carbonyl (C=O) groups is 1. The van der Waals surface area contributed by atoms with Gasteiger partial charge >= 0.3 is 25.6 Å². The molecule has 1 aliphatic heterocycles. The van der Waals surface area contributed by atoms with E-state index < -0.39 is 79.6 Å². The Bertz CT molecular complexity index is 1690. The second kappa shape index (κ2) is 13.5. The maximum atomic E-state index is 15.6. The number of halogens is 4. The second-order valence-electron chi connectivity index (χ2n) is 11.0. The summed E-state index contributed by atoms with van der Waals surface area (Å²) in [4.78, 5) is 38.1. The summed E-state index contributed by atoms with van der Waals surface area (Å²) in [6.45, 7) is 4.75. The zero-order valence-corrected chi connectivity index (χ0v) is 25.9. The molecule has 46 heavy (non-hydrogen) atoms. The van der Waals surface area contributed by atoms with Crippen molar-refractivity contribution in [2.45, 2.75) is 70.1 Å². The van der Waals surface area contributed by atoms with Gasteiger partial charge in [-0.2, -0.15) is 18.3 Å². The number of aromatic amines is 1. The minimum atomic E-state index is -4.54. The fraction of sp³-hybridized carbons (Fsp3) is 0.414. The van der Waals surface area contributed by atoms with Crippen molar-refractivity contribution in [1.82, 2.24) is 14.6 Å². The molecule has 250 valence electrons. The third-order valence-electron chi connectivity index (χ3n) is 6.91. The predicted molar refractivity (Wildman–Crippen MR) is 156 cm³/mol. The Labute approximate surface area is 259 Å². The maximum absolute atomic E-state index is 15.6. The Morgan fingerprint density at radius 2 is 1.67 bits per heavy atom. The average Bonchev–Trinajstić information content (AvgIpc) is 3.19. The largest absolute Gasteiger partial charge is 0.462 e. The number of aromatic nitrogens is 2.